The van der Waals surface area contributed by atoms with E-state index in [1.54, 1.807) is 0 Å². The van der Waals surface area contributed by atoms with Crippen molar-refractivity contribution in [1.29, 1.82) is 0 Å². The van der Waals surface area contributed by atoms with E-state index < -0.39 is 5.97 Å². The number of carbonyl (C=O) groups is 1. The molecule has 0 aromatic heterocycles. The van der Waals surface area contributed by atoms with Crippen molar-refractivity contribution in [3.8, 4) is 0 Å². The number of rotatable bonds is 4. The molecule has 88 valence electrons. The molecule has 0 aromatic rings. The number of nitrogens with zero attached hydrogens (tertiary/aromatic N) is 1. The Bertz CT molecular complexity index is 213. The first-order valence-corrected chi connectivity index (χ1v) is 6.61. The number of hydrogen-bond acceptors (Lipinski definition) is 3. The summed E-state index contributed by atoms with van der Waals surface area (Å²) in [5, 5.41) is 10.3. The number of carboxylic acid groups (broad SMARTS) is 1. The van der Waals surface area contributed by atoms with Gasteiger partial charge < -0.3 is 5.11 Å². The Balaban J connectivity index is 2.61. The third kappa shape index (κ3) is 3.68. The highest BCUT2D eigenvalue weighted by Crippen LogP contribution is 2.26. The SMILES string of the molecule is CCCC(C(=O)O)N1CC(C)SC(C)C1. The van der Waals surface area contributed by atoms with Crippen molar-refractivity contribution >= 4 is 17.7 Å². The van der Waals surface area contributed by atoms with Crippen molar-refractivity contribution in [3.63, 3.8) is 0 Å². The van der Waals surface area contributed by atoms with Crippen LogP contribution >= 0.6 is 11.8 Å². The Morgan fingerprint density at radius 3 is 2.40 bits per heavy atom. The molecule has 0 amide bonds. The van der Waals surface area contributed by atoms with E-state index in [-0.39, 0.29) is 6.04 Å². The highest BCUT2D eigenvalue weighted by Gasteiger charge is 2.31. The van der Waals surface area contributed by atoms with Crippen LogP contribution in [-0.4, -0.2) is 45.6 Å². The Kier molecular flexibility index (Phi) is 4.93. The molecule has 1 heterocycles. The largest absolute Gasteiger partial charge is 0.480 e. The fraction of sp³-hybridized carbons (Fsp3) is 0.909. The molecule has 3 unspecified atom stereocenters. The van der Waals surface area contributed by atoms with Crippen molar-refractivity contribution in [1.82, 2.24) is 4.90 Å². The smallest absolute Gasteiger partial charge is 0.320 e. The van der Waals surface area contributed by atoms with Crippen LogP contribution in [0.25, 0.3) is 0 Å². The molecule has 0 saturated carbocycles. The van der Waals surface area contributed by atoms with E-state index >= 15 is 0 Å². The van der Waals surface area contributed by atoms with Crippen LogP contribution in [-0.2, 0) is 4.79 Å². The number of thioether (sulfide) groups is 1. The Morgan fingerprint density at radius 1 is 1.47 bits per heavy atom. The molecule has 1 saturated heterocycles. The zero-order chi connectivity index (χ0) is 11.4. The summed E-state index contributed by atoms with van der Waals surface area (Å²) < 4.78 is 0. The molecular formula is C11H21NO2S. The number of carboxylic acids is 1. The summed E-state index contributed by atoms with van der Waals surface area (Å²) in [7, 11) is 0. The minimum Gasteiger partial charge on any atom is -0.480 e. The molecule has 0 spiro atoms. The predicted molar refractivity (Wildman–Crippen MR) is 64.4 cm³/mol. The molecule has 1 rings (SSSR count). The van der Waals surface area contributed by atoms with Crippen molar-refractivity contribution in [2.75, 3.05) is 13.1 Å². The first-order valence-electron chi connectivity index (χ1n) is 5.67. The fourth-order valence-electron chi connectivity index (χ4n) is 2.21. The lowest BCUT2D eigenvalue weighted by atomic mass is 10.1. The molecule has 0 bridgehead atoms. The summed E-state index contributed by atoms with van der Waals surface area (Å²) in [4.78, 5) is 13.3. The summed E-state index contributed by atoms with van der Waals surface area (Å²) in [6.45, 7) is 8.22. The van der Waals surface area contributed by atoms with E-state index in [1.807, 2.05) is 18.7 Å². The minimum absolute atomic E-state index is 0.277. The Hall–Kier alpha value is -0.220. The van der Waals surface area contributed by atoms with Crippen LogP contribution in [0.4, 0.5) is 0 Å². The molecule has 3 nitrogen and oxygen atoms in total. The summed E-state index contributed by atoms with van der Waals surface area (Å²) in [5.41, 5.74) is 0. The molecule has 0 aliphatic carbocycles. The molecule has 1 N–H and O–H groups in total. The molecule has 1 aliphatic heterocycles. The normalized spacial score (nSPS) is 30.1. The van der Waals surface area contributed by atoms with Gasteiger partial charge in [0.2, 0.25) is 0 Å². The van der Waals surface area contributed by atoms with Crippen molar-refractivity contribution < 1.29 is 9.90 Å². The van der Waals surface area contributed by atoms with Gasteiger partial charge in [-0.2, -0.15) is 11.8 Å². The van der Waals surface area contributed by atoms with Gasteiger partial charge in [-0.15, -0.1) is 0 Å². The summed E-state index contributed by atoms with van der Waals surface area (Å²) >= 11 is 1.96. The van der Waals surface area contributed by atoms with Gasteiger partial charge in [-0.1, -0.05) is 27.2 Å². The van der Waals surface area contributed by atoms with Crippen LogP contribution in [0.3, 0.4) is 0 Å². The van der Waals surface area contributed by atoms with Crippen LogP contribution in [0.5, 0.6) is 0 Å². The topological polar surface area (TPSA) is 40.5 Å². The molecule has 15 heavy (non-hydrogen) atoms. The quantitative estimate of drug-likeness (QED) is 0.804. The van der Waals surface area contributed by atoms with E-state index in [0.717, 1.165) is 25.9 Å². The van der Waals surface area contributed by atoms with Gasteiger partial charge in [0, 0.05) is 23.6 Å². The van der Waals surface area contributed by atoms with E-state index in [9.17, 15) is 9.90 Å². The molecule has 1 fully saturated rings. The van der Waals surface area contributed by atoms with Gasteiger partial charge in [-0.05, 0) is 6.42 Å². The van der Waals surface area contributed by atoms with Crippen LogP contribution in [0.1, 0.15) is 33.6 Å². The molecular weight excluding hydrogens is 210 g/mol. The maximum absolute atomic E-state index is 11.2. The first kappa shape index (κ1) is 12.8. The van der Waals surface area contributed by atoms with E-state index in [0.29, 0.717) is 10.5 Å². The van der Waals surface area contributed by atoms with Crippen molar-refractivity contribution in [2.45, 2.75) is 50.2 Å². The second kappa shape index (κ2) is 5.75. The summed E-state index contributed by atoms with van der Waals surface area (Å²) in [6, 6.07) is -0.277. The molecule has 1 aliphatic rings. The van der Waals surface area contributed by atoms with E-state index in [4.69, 9.17) is 0 Å². The van der Waals surface area contributed by atoms with E-state index in [2.05, 4.69) is 18.7 Å². The van der Waals surface area contributed by atoms with Gasteiger partial charge in [0.1, 0.15) is 6.04 Å². The Labute approximate surface area is 96.2 Å². The minimum atomic E-state index is -0.664. The lowest BCUT2D eigenvalue weighted by Gasteiger charge is -2.38. The lowest BCUT2D eigenvalue weighted by Crippen LogP contribution is -2.49. The maximum Gasteiger partial charge on any atom is 0.320 e. The second-order valence-electron chi connectivity index (χ2n) is 4.35. The lowest BCUT2D eigenvalue weighted by molar-refractivity contribution is -0.143. The summed E-state index contributed by atoms with van der Waals surface area (Å²) in [5.74, 6) is -0.664. The van der Waals surface area contributed by atoms with Gasteiger partial charge in [-0.3, -0.25) is 9.69 Å². The molecule has 0 aromatic carbocycles. The third-order valence-corrected chi connectivity index (χ3v) is 3.96. The first-order chi connectivity index (χ1) is 7.04. The fourth-order valence-corrected chi connectivity index (χ4v) is 3.56. The summed E-state index contributed by atoms with van der Waals surface area (Å²) in [6.07, 6.45) is 1.70. The van der Waals surface area contributed by atoms with Crippen LogP contribution in [0.15, 0.2) is 0 Å². The zero-order valence-electron chi connectivity index (χ0n) is 9.77. The highest BCUT2D eigenvalue weighted by atomic mass is 32.2. The predicted octanol–water partition coefficient (Wildman–Crippen LogP) is 2.07. The van der Waals surface area contributed by atoms with Gasteiger partial charge in [0.15, 0.2) is 0 Å². The molecule has 3 atom stereocenters. The van der Waals surface area contributed by atoms with Gasteiger partial charge in [-0.25, -0.2) is 0 Å². The van der Waals surface area contributed by atoms with Crippen LogP contribution in [0, 0.1) is 0 Å². The third-order valence-electron chi connectivity index (χ3n) is 2.74. The monoisotopic (exact) mass is 231 g/mol. The maximum atomic E-state index is 11.2. The standard InChI is InChI=1S/C11H21NO2S/c1-4-5-10(11(13)14)12-6-8(2)15-9(3)7-12/h8-10H,4-7H2,1-3H3,(H,13,14). The number of hydrogen-bond donors (Lipinski definition) is 1. The second-order valence-corrected chi connectivity index (χ2v) is 6.24. The van der Waals surface area contributed by atoms with Crippen LogP contribution in [0.2, 0.25) is 0 Å². The Morgan fingerprint density at radius 2 is 2.00 bits per heavy atom. The van der Waals surface area contributed by atoms with Gasteiger partial charge in [0.05, 0.1) is 0 Å². The number of aliphatic carboxylic acids is 1. The molecule has 0 radical (unpaired) electrons. The van der Waals surface area contributed by atoms with E-state index in [1.165, 1.54) is 0 Å². The highest BCUT2D eigenvalue weighted by molar-refractivity contribution is 8.00. The average Bonchev–Trinajstić information content (AvgIpc) is 2.11. The van der Waals surface area contributed by atoms with Crippen LogP contribution < -0.4 is 0 Å². The van der Waals surface area contributed by atoms with Gasteiger partial charge >= 0.3 is 5.97 Å². The zero-order valence-corrected chi connectivity index (χ0v) is 10.6. The van der Waals surface area contributed by atoms with Crippen molar-refractivity contribution in [3.05, 3.63) is 0 Å². The van der Waals surface area contributed by atoms with Gasteiger partial charge in [0.25, 0.3) is 0 Å². The molecule has 4 heteroatoms. The van der Waals surface area contributed by atoms with Crippen molar-refractivity contribution in [2.24, 2.45) is 0 Å². The average molecular weight is 231 g/mol.